The molecule has 0 saturated heterocycles. The third kappa shape index (κ3) is 4.63. The summed E-state index contributed by atoms with van der Waals surface area (Å²) >= 11 is 0. The van der Waals surface area contributed by atoms with Gasteiger partial charge in [0.25, 0.3) is 0 Å². The van der Waals surface area contributed by atoms with Crippen molar-refractivity contribution in [3.63, 3.8) is 0 Å². The summed E-state index contributed by atoms with van der Waals surface area (Å²) < 4.78 is 0. The van der Waals surface area contributed by atoms with E-state index in [9.17, 15) is 4.79 Å². The van der Waals surface area contributed by atoms with Crippen LogP contribution in [-0.4, -0.2) is 12.8 Å². The van der Waals surface area contributed by atoms with E-state index in [0.717, 1.165) is 29.4 Å². The van der Waals surface area contributed by atoms with Gasteiger partial charge in [0.1, 0.15) is 6.29 Å². The monoisotopic (exact) mass is 269 g/mol. The Hall–Kier alpha value is -1.93. The fourth-order valence-electron chi connectivity index (χ4n) is 1.81. The van der Waals surface area contributed by atoms with Crippen LogP contribution in [0.25, 0.3) is 5.57 Å². The Balaban J connectivity index is 3.18. The lowest BCUT2D eigenvalue weighted by atomic mass is 9.94. The molecule has 0 aliphatic rings. The van der Waals surface area contributed by atoms with E-state index in [4.69, 9.17) is 5.73 Å². The molecular weight excluding hydrogens is 246 g/mol. The van der Waals surface area contributed by atoms with Crippen LogP contribution < -0.4 is 5.73 Å². The van der Waals surface area contributed by atoms with Gasteiger partial charge >= 0.3 is 0 Å². The summed E-state index contributed by atoms with van der Waals surface area (Å²) in [5, 5.41) is 0. The smallest absolute Gasteiger partial charge is 0.147 e. The van der Waals surface area contributed by atoms with Crippen molar-refractivity contribution in [1.29, 1.82) is 0 Å². The maximum Gasteiger partial charge on any atom is 0.147 e. The summed E-state index contributed by atoms with van der Waals surface area (Å²) in [4.78, 5) is 11.0. The molecule has 0 radical (unpaired) electrons. The first-order valence-electron chi connectivity index (χ1n) is 6.94. The topological polar surface area (TPSA) is 43.1 Å². The summed E-state index contributed by atoms with van der Waals surface area (Å²) in [6.45, 7) is 8.69. The zero-order valence-corrected chi connectivity index (χ0v) is 12.3. The molecule has 0 heterocycles. The van der Waals surface area contributed by atoms with E-state index in [1.54, 1.807) is 0 Å². The van der Waals surface area contributed by atoms with Gasteiger partial charge < -0.3 is 5.73 Å². The average molecular weight is 269 g/mol. The quantitative estimate of drug-likeness (QED) is 0.465. The molecule has 1 unspecified atom stereocenters. The lowest BCUT2D eigenvalue weighted by Gasteiger charge is -2.11. The van der Waals surface area contributed by atoms with Crippen LogP contribution >= 0.6 is 0 Å². The number of hydrogen-bond acceptors (Lipinski definition) is 2. The fraction of sp³-hybridized carbons (Fsp3) is 0.278. The van der Waals surface area contributed by atoms with E-state index in [1.807, 2.05) is 36.4 Å². The van der Waals surface area contributed by atoms with Crippen molar-refractivity contribution >= 4 is 11.9 Å². The molecule has 0 aliphatic carbocycles. The van der Waals surface area contributed by atoms with Gasteiger partial charge in [0.15, 0.2) is 0 Å². The third-order valence-electron chi connectivity index (χ3n) is 3.31. The Morgan fingerprint density at radius 1 is 1.35 bits per heavy atom. The number of rotatable bonds is 7. The Morgan fingerprint density at radius 3 is 2.50 bits per heavy atom. The molecule has 2 N–H and O–H groups in total. The van der Waals surface area contributed by atoms with Gasteiger partial charge in [-0.25, -0.2) is 0 Å². The number of nitrogens with two attached hydrogens (primary N) is 1. The third-order valence-corrected chi connectivity index (χ3v) is 3.31. The standard InChI is InChI=1S/C18H23NO/c1-4-14(2)10-18(11-16(12-19)13-20)15(3)17-8-6-5-7-9-17/h5-11,13-14H,3-4,12,19H2,1-2H3/b16-11+,18-10+. The molecule has 0 aliphatic heterocycles. The van der Waals surface area contributed by atoms with Crippen LogP contribution in [0.1, 0.15) is 25.8 Å². The van der Waals surface area contributed by atoms with Crippen molar-refractivity contribution in [1.82, 2.24) is 0 Å². The summed E-state index contributed by atoms with van der Waals surface area (Å²) in [5.74, 6) is 0.424. The maximum atomic E-state index is 11.0. The van der Waals surface area contributed by atoms with Gasteiger partial charge in [0.2, 0.25) is 0 Å². The second-order valence-electron chi connectivity index (χ2n) is 4.89. The first kappa shape index (κ1) is 16.1. The number of carbonyl (C=O) groups excluding carboxylic acids is 1. The van der Waals surface area contributed by atoms with Gasteiger partial charge in [-0.2, -0.15) is 0 Å². The number of benzene rings is 1. The molecule has 1 atom stereocenters. The zero-order valence-electron chi connectivity index (χ0n) is 12.3. The van der Waals surface area contributed by atoms with Crippen LogP contribution in [0.15, 0.2) is 60.2 Å². The highest BCUT2D eigenvalue weighted by molar-refractivity contribution is 5.84. The molecule has 1 rings (SSSR count). The lowest BCUT2D eigenvalue weighted by molar-refractivity contribution is -0.104. The Labute approximate surface area is 121 Å². The SMILES string of the molecule is C=C(C(/C=C(/C=O)CN)=C/C(C)CC)c1ccccc1. The maximum absolute atomic E-state index is 11.0. The Bertz CT molecular complexity index is 511. The normalized spacial score (nSPS) is 13.9. The van der Waals surface area contributed by atoms with Crippen LogP contribution in [-0.2, 0) is 4.79 Å². The van der Waals surface area contributed by atoms with Gasteiger partial charge in [-0.3, -0.25) is 4.79 Å². The van der Waals surface area contributed by atoms with E-state index in [2.05, 4.69) is 26.5 Å². The molecule has 20 heavy (non-hydrogen) atoms. The van der Waals surface area contributed by atoms with Crippen molar-refractivity contribution in [3.8, 4) is 0 Å². The van der Waals surface area contributed by atoms with Crippen LogP contribution in [0.2, 0.25) is 0 Å². The highest BCUT2D eigenvalue weighted by Crippen LogP contribution is 2.25. The van der Waals surface area contributed by atoms with Gasteiger partial charge in [-0.1, -0.05) is 63.3 Å². The van der Waals surface area contributed by atoms with Crippen LogP contribution in [0.5, 0.6) is 0 Å². The van der Waals surface area contributed by atoms with E-state index >= 15 is 0 Å². The van der Waals surface area contributed by atoms with Crippen molar-refractivity contribution < 1.29 is 4.79 Å². The predicted molar refractivity (Wildman–Crippen MR) is 86.2 cm³/mol. The average Bonchev–Trinajstić information content (AvgIpc) is 2.51. The Kier molecular flexibility index (Phi) is 6.68. The molecule has 2 heteroatoms. The summed E-state index contributed by atoms with van der Waals surface area (Å²) in [5.41, 5.74) is 9.10. The minimum atomic E-state index is 0.239. The van der Waals surface area contributed by atoms with E-state index in [-0.39, 0.29) is 6.54 Å². The zero-order chi connectivity index (χ0) is 15.0. The van der Waals surface area contributed by atoms with Gasteiger partial charge in [-0.05, 0) is 28.7 Å². The number of aldehydes is 1. The van der Waals surface area contributed by atoms with E-state index in [0.29, 0.717) is 11.5 Å². The molecule has 1 aromatic carbocycles. The summed E-state index contributed by atoms with van der Waals surface area (Å²) in [6, 6.07) is 9.97. The first-order chi connectivity index (χ1) is 9.62. The fourth-order valence-corrected chi connectivity index (χ4v) is 1.81. The van der Waals surface area contributed by atoms with Gasteiger partial charge in [-0.15, -0.1) is 0 Å². The highest BCUT2D eigenvalue weighted by atomic mass is 16.1. The minimum absolute atomic E-state index is 0.239. The molecule has 1 aromatic rings. The van der Waals surface area contributed by atoms with Crippen molar-refractivity contribution in [2.75, 3.05) is 6.54 Å². The second-order valence-corrected chi connectivity index (χ2v) is 4.89. The van der Waals surface area contributed by atoms with E-state index in [1.165, 1.54) is 0 Å². The minimum Gasteiger partial charge on any atom is -0.326 e. The molecule has 0 saturated carbocycles. The predicted octanol–water partition coefficient (Wildman–Crippen LogP) is 3.76. The van der Waals surface area contributed by atoms with Crippen molar-refractivity contribution in [2.45, 2.75) is 20.3 Å². The molecule has 0 bridgehead atoms. The second kappa shape index (κ2) is 8.28. The molecule has 0 amide bonds. The molecule has 2 nitrogen and oxygen atoms in total. The van der Waals surface area contributed by atoms with Crippen molar-refractivity contribution in [3.05, 3.63) is 65.8 Å². The molecule has 106 valence electrons. The lowest BCUT2D eigenvalue weighted by Crippen LogP contribution is -2.05. The first-order valence-corrected chi connectivity index (χ1v) is 6.94. The van der Waals surface area contributed by atoms with Crippen LogP contribution in [0, 0.1) is 5.92 Å². The van der Waals surface area contributed by atoms with E-state index < -0.39 is 0 Å². The Morgan fingerprint density at radius 2 is 2.00 bits per heavy atom. The van der Waals surface area contributed by atoms with Crippen LogP contribution in [0.3, 0.4) is 0 Å². The van der Waals surface area contributed by atoms with Crippen molar-refractivity contribution in [2.24, 2.45) is 11.7 Å². The molecular formula is C18H23NO. The van der Waals surface area contributed by atoms with Gasteiger partial charge in [0, 0.05) is 12.1 Å². The number of hydrogen-bond donors (Lipinski definition) is 1. The van der Waals surface area contributed by atoms with Crippen LogP contribution in [0.4, 0.5) is 0 Å². The molecule has 0 spiro atoms. The summed E-state index contributed by atoms with van der Waals surface area (Å²) in [7, 11) is 0. The number of carbonyl (C=O) groups is 1. The largest absolute Gasteiger partial charge is 0.326 e. The van der Waals surface area contributed by atoms with Gasteiger partial charge in [0.05, 0.1) is 0 Å². The summed E-state index contributed by atoms with van der Waals surface area (Å²) in [6.07, 6.45) is 5.84. The highest BCUT2D eigenvalue weighted by Gasteiger charge is 2.06. The molecule has 0 fully saturated rings. The number of allylic oxidation sites excluding steroid dienone is 4. The molecule has 0 aromatic heterocycles.